The van der Waals surface area contributed by atoms with Crippen LogP contribution in [0.4, 0.5) is 5.69 Å². The molecule has 1 amide bonds. The van der Waals surface area contributed by atoms with Gasteiger partial charge in [0, 0.05) is 6.07 Å². The lowest BCUT2D eigenvalue weighted by Crippen LogP contribution is -3.00. The van der Waals surface area contributed by atoms with E-state index in [4.69, 9.17) is 11.1 Å². The first-order valence-electron chi connectivity index (χ1n) is 6.62. The number of diazo groups is 1. The molecule has 20 heavy (non-hydrogen) atoms. The standard InChI is InChI=1S/C14H20N4O.ClH/c1-3-18(4-2)9-5-6-11-7-8-13(17-16)12(10-11)14(15)19;/h7-8,10H,3-6,9H2,1-2H3,(H-,15,19);1H. The molecule has 0 radical (unpaired) electrons. The van der Waals surface area contributed by atoms with Gasteiger partial charge in [-0.3, -0.25) is 4.79 Å². The summed E-state index contributed by atoms with van der Waals surface area (Å²) in [6, 6.07) is 5.19. The van der Waals surface area contributed by atoms with Crippen molar-refractivity contribution in [3.8, 4) is 0 Å². The second-order valence-corrected chi connectivity index (χ2v) is 4.45. The molecule has 2 N–H and O–H groups in total. The minimum absolute atomic E-state index is 0. The Labute approximate surface area is 126 Å². The van der Waals surface area contributed by atoms with Crippen molar-refractivity contribution in [2.75, 3.05) is 19.6 Å². The van der Waals surface area contributed by atoms with E-state index in [0.29, 0.717) is 0 Å². The third kappa shape index (κ3) is 5.16. The number of nitrogens with two attached hydrogens (primary N) is 1. The van der Waals surface area contributed by atoms with Crippen LogP contribution in [-0.4, -0.2) is 30.4 Å². The SMILES string of the molecule is CCN(CC)CCCc1ccc([N+]#N)c(C(N)=O)c1.[Cl-]. The average Bonchev–Trinajstić information content (AvgIpc) is 2.43. The van der Waals surface area contributed by atoms with E-state index in [1.807, 2.05) is 6.07 Å². The van der Waals surface area contributed by atoms with Gasteiger partial charge in [0.1, 0.15) is 5.56 Å². The zero-order valence-electron chi connectivity index (χ0n) is 12.0. The molecular weight excluding hydrogens is 276 g/mol. The van der Waals surface area contributed by atoms with Gasteiger partial charge in [0.2, 0.25) is 5.39 Å². The number of carbonyl (C=O) groups excluding carboxylic acids is 1. The predicted molar refractivity (Wildman–Crippen MR) is 75.8 cm³/mol. The number of amides is 1. The highest BCUT2D eigenvalue weighted by molar-refractivity contribution is 5.98. The number of primary amides is 1. The van der Waals surface area contributed by atoms with Crippen molar-refractivity contribution in [1.29, 1.82) is 5.39 Å². The molecule has 1 rings (SSSR count). The van der Waals surface area contributed by atoms with Gasteiger partial charge in [-0.1, -0.05) is 19.9 Å². The largest absolute Gasteiger partial charge is 1.00 e. The molecule has 0 aliphatic rings. The molecule has 6 heteroatoms. The Morgan fingerprint density at radius 1 is 1.35 bits per heavy atom. The molecule has 1 aromatic carbocycles. The molecule has 0 aliphatic carbocycles. The predicted octanol–water partition coefficient (Wildman–Crippen LogP) is -0.452. The Hall–Kier alpha value is -1.64. The molecule has 0 heterocycles. The molecular formula is C14H21ClN4O. The highest BCUT2D eigenvalue weighted by atomic mass is 35.5. The highest BCUT2D eigenvalue weighted by Gasteiger charge is 2.18. The fourth-order valence-corrected chi connectivity index (χ4v) is 2.07. The molecule has 0 saturated carbocycles. The molecule has 1 aromatic rings. The van der Waals surface area contributed by atoms with Crippen LogP contribution in [0.15, 0.2) is 18.2 Å². The van der Waals surface area contributed by atoms with Crippen molar-refractivity contribution in [2.24, 2.45) is 5.73 Å². The van der Waals surface area contributed by atoms with Crippen molar-refractivity contribution in [3.05, 3.63) is 34.3 Å². The molecule has 0 spiro atoms. The first kappa shape index (κ1) is 18.4. The number of rotatable bonds is 7. The minimum atomic E-state index is -0.571. The van der Waals surface area contributed by atoms with Gasteiger partial charge in [0.05, 0.1) is 0 Å². The van der Waals surface area contributed by atoms with E-state index >= 15 is 0 Å². The van der Waals surface area contributed by atoms with Crippen molar-refractivity contribution in [1.82, 2.24) is 4.90 Å². The van der Waals surface area contributed by atoms with Gasteiger partial charge in [-0.2, -0.15) is 0 Å². The quantitative estimate of drug-likeness (QED) is 0.693. The summed E-state index contributed by atoms with van der Waals surface area (Å²) in [5.41, 5.74) is 6.78. The maximum Gasteiger partial charge on any atom is 0.397 e. The van der Waals surface area contributed by atoms with Gasteiger partial charge >= 0.3 is 5.69 Å². The molecule has 0 saturated heterocycles. The smallest absolute Gasteiger partial charge is 0.397 e. The Bertz CT molecular complexity index is 481. The number of halogens is 1. The molecule has 5 nitrogen and oxygen atoms in total. The van der Waals surface area contributed by atoms with Crippen molar-refractivity contribution in [3.63, 3.8) is 0 Å². The minimum Gasteiger partial charge on any atom is -1.00 e. The van der Waals surface area contributed by atoms with Crippen LogP contribution in [0.1, 0.15) is 36.2 Å². The van der Waals surface area contributed by atoms with Crippen LogP contribution in [0.5, 0.6) is 0 Å². The zero-order chi connectivity index (χ0) is 14.3. The third-order valence-electron chi connectivity index (χ3n) is 3.27. The van der Waals surface area contributed by atoms with Crippen molar-refractivity contribution in [2.45, 2.75) is 26.7 Å². The van der Waals surface area contributed by atoms with E-state index in [2.05, 4.69) is 23.7 Å². The Morgan fingerprint density at radius 2 is 2.00 bits per heavy atom. The van der Waals surface area contributed by atoms with Crippen LogP contribution < -0.4 is 18.1 Å². The van der Waals surface area contributed by atoms with Crippen LogP contribution >= 0.6 is 0 Å². The summed E-state index contributed by atoms with van der Waals surface area (Å²) in [5.74, 6) is -0.571. The summed E-state index contributed by atoms with van der Waals surface area (Å²) >= 11 is 0. The maximum absolute atomic E-state index is 11.3. The van der Waals surface area contributed by atoms with E-state index in [-0.39, 0.29) is 23.7 Å². The number of aryl methyl sites for hydroxylation is 1. The lowest BCUT2D eigenvalue weighted by molar-refractivity contribution is -0.0000126. The maximum atomic E-state index is 11.3. The fraction of sp³-hybridized carbons (Fsp3) is 0.500. The van der Waals surface area contributed by atoms with Crippen molar-refractivity contribution >= 4 is 11.6 Å². The molecule has 0 unspecified atom stereocenters. The first-order chi connectivity index (χ1) is 9.12. The molecule has 0 bridgehead atoms. The van der Waals surface area contributed by atoms with Crippen LogP contribution in [0, 0.1) is 5.39 Å². The number of hydrogen-bond donors (Lipinski definition) is 1. The van der Waals surface area contributed by atoms with E-state index in [1.165, 1.54) is 0 Å². The third-order valence-corrected chi connectivity index (χ3v) is 3.27. The molecule has 0 atom stereocenters. The van der Waals surface area contributed by atoms with Gasteiger partial charge in [-0.25, -0.2) is 0 Å². The lowest BCUT2D eigenvalue weighted by atomic mass is 10.0. The summed E-state index contributed by atoms with van der Waals surface area (Å²) in [7, 11) is 0. The normalized spacial score (nSPS) is 9.90. The van der Waals surface area contributed by atoms with Crippen LogP contribution in [0.2, 0.25) is 0 Å². The fourth-order valence-electron chi connectivity index (χ4n) is 2.07. The van der Waals surface area contributed by atoms with Gasteiger partial charge in [-0.05, 0) is 44.1 Å². The number of carbonyl (C=O) groups is 1. The molecule has 0 aliphatic heterocycles. The van der Waals surface area contributed by atoms with E-state index in [9.17, 15) is 4.79 Å². The number of nitrogens with zero attached hydrogens (tertiary/aromatic N) is 3. The number of benzene rings is 1. The highest BCUT2D eigenvalue weighted by Crippen LogP contribution is 2.21. The van der Waals surface area contributed by atoms with E-state index < -0.39 is 5.91 Å². The summed E-state index contributed by atoms with van der Waals surface area (Å²) in [4.78, 5) is 16.7. The summed E-state index contributed by atoms with van der Waals surface area (Å²) in [6.45, 7) is 7.42. The van der Waals surface area contributed by atoms with E-state index in [1.54, 1.807) is 12.1 Å². The van der Waals surface area contributed by atoms with Crippen LogP contribution in [-0.2, 0) is 6.42 Å². The van der Waals surface area contributed by atoms with Gasteiger partial charge < -0.3 is 23.0 Å². The van der Waals surface area contributed by atoms with Gasteiger partial charge in [0.15, 0.2) is 4.98 Å². The summed E-state index contributed by atoms with van der Waals surface area (Å²) in [5, 5.41) is 8.78. The van der Waals surface area contributed by atoms with Gasteiger partial charge in [-0.15, -0.1) is 0 Å². The van der Waals surface area contributed by atoms with Crippen molar-refractivity contribution < 1.29 is 17.2 Å². The average molecular weight is 297 g/mol. The Morgan fingerprint density at radius 3 is 2.50 bits per heavy atom. The Kier molecular flexibility index (Phi) is 8.53. The Balaban J connectivity index is 0.00000361. The lowest BCUT2D eigenvalue weighted by Gasteiger charge is -2.17. The molecule has 0 fully saturated rings. The molecule has 110 valence electrons. The second-order valence-electron chi connectivity index (χ2n) is 4.45. The van der Waals surface area contributed by atoms with E-state index in [0.717, 1.165) is 38.0 Å². The second kappa shape index (κ2) is 9.29. The summed E-state index contributed by atoms with van der Waals surface area (Å²) < 4.78 is 0. The van der Waals surface area contributed by atoms with Crippen LogP contribution in [0.3, 0.4) is 0 Å². The number of hydrogen-bond acceptors (Lipinski definition) is 3. The van der Waals surface area contributed by atoms with Gasteiger partial charge in [0.25, 0.3) is 5.91 Å². The zero-order valence-corrected chi connectivity index (χ0v) is 12.7. The molecule has 0 aromatic heterocycles. The monoisotopic (exact) mass is 296 g/mol. The first-order valence-corrected chi connectivity index (χ1v) is 6.62. The topological polar surface area (TPSA) is 74.5 Å². The van der Waals surface area contributed by atoms with Crippen LogP contribution in [0.25, 0.3) is 4.98 Å². The summed E-state index contributed by atoms with van der Waals surface area (Å²) in [6.07, 6.45) is 1.90.